The highest BCUT2D eigenvalue weighted by molar-refractivity contribution is 7.91. The average Bonchev–Trinajstić information content (AvgIpc) is 2.96. The molecule has 6 nitrogen and oxygen atoms in total. The second-order valence-electron chi connectivity index (χ2n) is 4.89. The number of carbonyl (C=O) groups is 2. The predicted octanol–water partition coefficient (Wildman–Crippen LogP) is 1.17. The Morgan fingerprint density at radius 1 is 1.33 bits per heavy atom. The van der Waals surface area contributed by atoms with Gasteiger partial charge in [-0.2, -0.15) is 0 Å². The van der Waals surface area contributed by atoms with Crippen LogP contribution in [0.2, 0.25) is 0 Å². The summed E-state index contributed by atoms with van der Waals surface area (Å²) in [5.74, 6) is -1.70. The Kier molecular flexibility index (Phi) is 4.32. The molecule has 0 unspecified atom stereocenters. The number of benzene rings is 1. The van der Waals surface area contributed by atoms with Crippen LogP contribution < -0.4 is 0 Å². The van der Waals surface area contributed by atoms with Crippen molar-refractivity contribution in [2.24, 2.45) is 0 Å². The van der Waals surface area contributed by atoms with Gasteiger partial charge in [0.1, 0.15) is 6.04 Å². The zero-order chi connectivity index (χ0) is 15.6. The topological polar surface area (TPSA) is 91.8 Å². The summed E-state index contributed by atoms with van der Waals surface area (Å²) in [6.07, 6.45) is 0.995. The minimum atomic E-state index is -3.54. The van der Waals surface area contributed by atoms with Crippen molar-refractivity contribution in [1.82, 2.24) is 4.90 Å². The van der Waals surface area contributed by atoms with Gasteiger partial charge in [0.25, 0.3) is 5.91 Å². The highest BCUT2D eigenvalue weighted by atomic mass is 32.2. The van der Waals surface area contributed by atoms with Gasteiger partial charge in [0, 0.05) is 6.54 Å². The molecule has 1 aliphatic rings. The Morgan fingerprint density at radius 2 is 2.00 bits per heavy atom. The van der Waals surface area contributed by atoms with Crippen LogP contribution in [0.3, 0.4) is 0 Å². The maximum Gasteiger partial charge on any atom is 0.326 e. The molecule has 0 saturated carbocycles. The Balaban J connectivity index is 2.43. The summed E-state index contributed by atoms with van der Waals surface area (Å²) in [6.45, 7) is 1.84. The van der Waals surface area contributed by atoms with E-state index < -0.39 is 27.8 Å². The Bertz CT molecular complexity index is 668. The maximum absolute atomic E-state index is 12.5. The van der Waals surface area contributed by atoms with E-state index in [2.05, 4.69) is 0 Å². The molecule has 1 N–H and O–H groups in total. The molecule has 0 radical (unpaired) electrons. The monoisotopic (exact) mass is 311 g/mol. The molecular weight excluding hydrogens is 294 g/mol. The van der Waals surface area contributed by atoms with Crippen molar-refractivity contribution in [3.8, 4) is 0 Å². The van der Waals surface area contributed by atoms with Crippen LogP contribution in [0, 0.1) is 0 Å². The lowest BCUT2D eigenvalue weighted by Crippen LogP contribution is -2.40. The number of carboxylic acid groups (broad SMARTS) is 1. The van der Waals surface area contributed by atoms with Crippen molar-refractivity contribution in [2.45, 2.75) is 30.7 Å². The fourth-order valence-electron chi connectivity index (χ4n) is 2.49. The first-order valence-corrected chi connectivity index (χ1v) is 8.39. The molecule has 0 aliphatic carbocycles. The van der Waals surface area contributed by atoms with E-state index in [1.165, 1.54) is 24.0 Å². The van der Waals surface area contributed by atoms with Gasteiger partial charge in [-0.3, -0.25) is 4.79 Å². The molecule has 1 aromatic carbocycles. The van der Waals surface area contributed by atoms with Crippen molar-refractivity contribution in [3.63, 3.8) is 0 Å². The second-order valence-corrected chi connectivity index (χ2v) is 7.14. The SMILES string of the molecule is CCS(=O)(=O)c1ccccc1C(=O)N1CCC[C@H]1C(=O)O. The molecule has 1 saturated heterocycles. The maximum atomic E-state index is 12.5. The zero-order valence-electron chi connectivity index (χ0n) is 11.7. The van der Waals surface area contributed by atoms with Crippen LogP contribution in [0.15, 0.2) is 29.2 Å². The number of hydrogen-bond acceptors (Lipinski definition) is 4. The molecule has 1 amide bonds. The van der Waals surface area contributed by atoms with Crippen molar-refractivity contribution in [1.29, 1.82) is 0 Å². The van der Waals surface area contributed by atoms with Crippen LogP contribution in [0.4, 0.5) is 0 Å². The van der Waals surface area contributed by atoms with Crippen molar-refractivity contribution < 1.29 is 23.1 Å². The Hall–Kier alpha value is -1.89. The highest BCUT2D eigenvalue weighted by Crippen LogP contribution is 2.24. The Morgan fingerprint density at radius 3 is 2.62 bits per heavy atom. The third-order valence-corrected chi connectivity index (χ3v) is 5.42. The number of carbonyl (C=O) groups excluding carboxylic acids is 1. The van der Waals surface area contributed by atoms with E-state index in [0.29, 0.717) is 19.4 Å². The first kappa shape index (κ1) is 15.5. The molecular formula is C14H17NO5S. The summed E-state index contributed by atoms with van der Waals surface area (Å²) < 4.78 is 24.1. The van der Waals surface area contributed by atoms with E-state index in [0.717, 1.165) is 0 Å². The van der Waals surface area contributed by atoms with Gasteiger partial charge in [0.2, 0.25) is 0 Å². The molecule has 21 heavy (non-hydrogen) atoms. The van der Waals surface area contributed by atoms with E-state index in [1.807, 2.05) is 0 Å². The summed E-state index contributed by atoms with van der Waals surface area (Å²) in [4.78, 5) is 24.9. The highest BCUT2D eigenvalue weighted by Gasteiger charge is 2.36. The number of carboxylic acids is 1. The van der Waals surface area contributed by atoms with Crippen LogP contribution in [-0.2, 0) is 14.6 Å². The smallest absolute Gasteiger partial charge is 0.326 e. The molecule has 1 fully saturated rings. The van der Waals surface area contributed by atoms with Gasteiger partial charge in [-0.25, -0.2) is 13.2 Å². The number of nitrogens with zero attached hydrogens (tertiary/aromatic N) is 1. The molecule has 1 aromatic rings. The van der Waals surface area contributed by atoms with Crippen molar-refractivity contribution >= 4 is 21.7 Å². The minimum absolute atomic E-state index is 0.0338. The van der Waals surface area contributed by atoms with Crippen LogP contribution in [-0.4, -0.2) is 48.6 Å². The number of amides is 1. The van der Waals surface area contributed by atoms with Gasteiger partial charge < -0.3 is 10.0 Å². The molecule has 0 aromatic heterocycles. The van der Waals surface area contributed by atoms with Gasteiger partial charge in [-0.05, 0) is 25.0 Å². The largest absolute Gasteiger partial charge is 0.480 e. The molecule has 0 spiro atoms. The average molecular weight is 311 g/mol. The van der Waals surface area contributed by atoms with E-state index in [1.54, 1.807) is 12.1 Å². The van der Waals surface area contributed by atoms with E-state index >= 15 is 0 Å². The minimum Gasteiger partial charge on any atom is -0.480 e. The van der Waals surface area contributed by atoms with Gasteiger partial charge in [0.05, 0.1) is 16.2 Å². The standard InChI is InChI=1S/C14H17NO5S/c1-2-21(19,20)12-8-4-3-6-10(12)13(16)15-9-5-7-11(15)14(17)18/h3-4,6,8,11H,2,5,7,9H2,1H3,(H,17,18)/t11-/m0/s1. The van der Waals surface area contributed by atoms with Gasteiger partial charge in [-0.1, -0.05) is 19.1 Å². The molecule has 0 bridgehead atoms. The predicted molar refractivity (Wildman–Crippen MR) is 75.9 cm³/mol. The normalized spacial score (nSPS) is 18.7. The number of hydrogen-bond donors (Lipinski definition) is 1. The molecule has 114 valence electrons. The summed E-state index contributed by atoms with van der Waals surface area (Å²) in [5, 5.41) is 9.14. The van der Waals surface area contributed by atoms with E-state index in [-0.39, 0.29) is 16.2 Å². The summed E-state index contributed by atoms with van der Waals surface area (Å²) >= 11 is 0. The molecule has 1 aliphatic heterocycles. The lowest BCUT2D eigenvalue weighted by atomic mass is 10.1. The molecule has 7 heteroatoms. The van der Waals surface area contributed by atoms with Crippen LogP contribution in [0.25, 0.3) is 0 Å². The van der Waals surface area contributed by atoms with Crippen molar-refractivity contribution in [2.75, 3.05) is 12.3 Å². The number of likely N-dealkylation sites (tertiary alicyclic amines) is 1. The second kappa shape index (κ2) is 5.85. The van der Waals surface area contributed by atoms with E-state index in [4.69, 9.17) is 5.11 Å². The lowest BCUT2D eigenvalue weighted by Gasteiger charge is -2.22. The first-order valence-electron chi connectivity index (χ1n) is 6.74. The van der Waals surface area contributed by atoms with Crippen LogP contribution in [0.1, 0.15) is 30.1 Å². The fraction of sp³-hybridized carbons (Fsp3) is 0.429. The fourth-order valence-corrected chi connectivity index (χ4v) is 3.58. The lowest BCUT2D eigenvalue weighted by molar-refractivity contribution is -0.141. The van der Waals surface area contributed by atoms with Crippen LogP contribution in [0.5, 0.6) is 0 Å². The Labute approximate surface area is 123 Å². The van der Waals surface area contributed by atoms with Crippen molar-refractivity contribution in [3.05, 3.63) is 29.8 Å². The number of rotatable bonds is 4. The molecule has 2 rings (SSSR count). The third kappa shape index (κ3) is 2.92. The van der Waals surface area contributed by atoms with Gasteiger partial charge >= 0.3 is 5.97 Å². The number of aliphatic carboxylic acids is 1. The molecule has 1 heterocycles. The first-order chi connectivity index (χ1) is 9.88. The molecule has 1 atom stereocenters. The number of sulfone groups is 1. The summed E-state index contributed by atoms with van der Waals surface area (Å²) in [6, 6.07) is 5.07. The zero-order valence-corrected chi connectivity index (χ0v) is 12.5. The third-order valence-electron chi connectivity index (χ3n) is 3.63. The van der Waals surface area contributed by atoms with Gasteiger partial charge in [0.15, 0.2) is 9.84 Å². The summed E-state index contributed by atoms with van der Waals surface area (Å²) in [5.41, 5.74) is 0.0486. The quantitative estimate of drug-likeness (QED) is 0.901. The summed E-state index contributed by atoms with van der Waals surface area (Å²) in [7, 11) is -3.54. The van der Waals surface area contributed by atoms with E-state index in [9.17, 15) is 18.0 Å². The van der Waals surface area contributed by atoms with Gasteiger partial charge in [-0.15, -0.1) is 0 Å². The van der Waals surface area contributed by atoms with Crippen LogP contribution >= 0.6 is 0 Å².